The highest BCUT2D eigenvalue weighted by atomic mass is 32.1. The number of nitro benzene ring substituents is 1. The van der Waals surface area contributed by atoms with E-state index in [2.05, 4.69) is 5.32 Å². The third-order valence-corrected chi connectivity index (χ3v) is 3.26. The van der Waals surface area contributed by atoms with Gasteiger partial charge in [0.25, 0.3) is 5.91 Å². The van der Waals surface area contributed by atoms with E-state index in [-0.39, 0.29) is 16.9 Å². The van der Waals surface area contributed by atoms with E-state index >= 15 is 0 Å². The number of para-hydroxylation sites is 1. The van der Waals surface area contributed by atoms with Gasteiger partial charge in [0.2, 0.25) is 0 Å². The molecule has 0 unspecified atom stereocenters. The lowest BCUT2D eigenvalue weighted by atomic mass is 10.1. The molecule has 6 nitrogen and oxygen atoms in total. The van der Waals surface area contributed by atoms with E-state index in [1.807, 2.05) is 16.8 Å². The van der Waals surface area contributed by atoms with Crippen LogP contribution in [0.4, 0.5) is 11.4 Å². The highest BCUT2D eigenvalue weighted by Crippen LogP contribution is 2.25. The lowest BCUT2D eigenvalue weighted by molar-refractivity contribution is -0.384. The fraction of sp³-hybridized carbons (Fsp3) is 0.0833. The van der Waals surface area contributed by atoms with Crippen molar-refractivity contribution in [1.82, 2.24) is 5.32 Å². The van der Waals surface area contributed by atoms with Crippen LogP contribution in [0, 0.1) is 10.1 Å². The predicted molar refractivity (Wildman–Crippen MR) is 73.0 cm³/mol. The molecular formula is C12H11N3O3S. The molecule has 0 aliphatic heterocycles. The van der Waals surface area contributed by atoms with Gasteiger partial charge in [-0.05, 0) is 34.5 Å². The quantitative estimate of drug-likeness (QED) is 0.508. The molecule has 0 radical (unpaired) electrons. The number of thiophene rings is 1. The molecule has 0 aliphatic carbocycles. The Labute approximate surface area is 113 Å². The fourth-order valence-electron chi connectivity index (χ4n) is 1.62. The van der Waals surface area contributed by atoms with Crippen molar-refractivity contribution in [2.75, 3.05) is 5.73 Å². The summed E-state index contributed by atoms with van der Waals surface area (Å²) in [5, 5.41) is 17.3. The van der Waals surface area contributed by atoms with Gasteiger partial charge in [-0.25, -0.2) is 0 Å². The number of nitro groups is 1. The number of amides is 1. The lowest BCUT2D eigenvalue weighted by Gasteiger charge is -2.06. The van der Waals surface area contributed by atoms with Crippen LogP contribution in [-0.4, -0.2) is 10.8 Å². The molecule has 98 valence electrons. The summed E-state index contributed by atoms with van der Waals surface area (Å²) in [4.78, 5) is 22.2. The van der Waals surface area contributed by atoms with Gasteiger partial charge < -0.3 is 11.1 Å². The van der Waals surface area contributed by atoms with Crippen molar-refractivity contribution >= 4 is 28.6 Å². The third kappa shape index (κ3) is 2.89. The molecule has 2 rings (SSSR count). The minimum absolute atomic E-state index is 0.0202. The Balaban J connectivity index is 2.19. The fourth-order valence-corrected chi connectivity index (χ4v) is 2.29. The standard InChI is InChI=1S/C12H11N3O3S/c13-10-3-1-2-9(11(10)15(17)18)12(16)14-6-8-4-5-19-7-8/h1-5,7H,6,13H2,(H,14,16). The van der Waals surface area contributed by atoms with Gasteiger partial charge in [-0.1, -0.05) is 6.07 Å². The van der Waals surface area contributed by atoms with Gasteiger partial charge in [0.15, 0.2) is 0 Å². The van der Waals surface area contributed by atoms with Gasteiger partial charge in [0.1, 0.15) is 11.3 Å². The van der Waals surface area contributed by atoms with Crippen LogP contribution in [0.1, 0.15) is 15.9 Å². The SMILES string of the molecule is Nc1cccc(C(=O)NCc2ccsc2)c1[N+](=O)[O-]. The number of nitrogens with two attached hydrogens (primary N) is 1. The summed E-state index contributed by atoms with van der Waals surface area (Å²) in [5.41, 5.74) is 6.08. The molecule has 0 atom stereocenters. The molecule has 0 saturated carbocycles. The Bertz CT molecular complexity index is 611. The first-order valence-electron chi connectivity index (χ1n) is 5.41. The van der Waals surface area contributed by atoms with Crippen molar-refractivity contribution in [1.29, 1.82) is 0 Å². The first kappa shape index (κ1) is 13.0. The summed E-state index contributed by atoms with van der Waals surface area (Å²) in [7, 11) is 0. The first-order chi connectivity index (χ1) is 9.09. The van der Waals surface area contributed by atoms with E-state index in [4.69, 9.17) is 5.73 Å². The van der Waals surface area contributed by atoms with Crippen molar-refractivity contribution in [2.24, 2.45) is 0 Å². The van der Waals surface area contributed by atoms with E-state index in [0.29, 0.717) is 6.54 Å². The Morgan fingerprint density at radius 2 is 2.21 bits per heavy atom. The number of nitrogens with one attached hydrogen (secondary N) is 1. The normalized spacial score (nSPS) is 10.1. The van der Waals surface area contributed by atoms with Crippen LogP contribution in [0.2, 0.25) is 0 Å². The second-order valence-corrected chi connectivity index (χ2v) is 4.59. The number of benzene rings is 1. The van der Waals surface area contributed by atoms with Crippen molar-refractivity contribution in [3.05, 3.63) is 56.3 Å². The highest BCUT2D eigenvalue weighted by molar-refractivity contribution is 7.07. The smallest absolute Gasteiger partial charge is 0.304 e. The number of nitrogen functional groups attached to an aromatic ring is 1. The second-order valence-electron chi connectivity index (χ2n) is 3.81. The Morgan fingerprint density at radius 3 is 2.84 bits per heavy atom. The molecule has 19 heavy (non-hydrogen) atoms. The molecule has 7 heteroatoms. The third-order valence-electron chi connectivity index (χ3n) is 2.53. The summed E-state index contributed by atoms with van der Waals surface area (Å²) >= 11 is 1.52. The van der Waals surface area contributed by atoms with E-state index in [1.54, 1.807) is 0 Å². The molecule has 0 fully saturated rings. The van der Waals surface area contributed by atoms with E-state index < -0.39 is 10.8 Å². The molecule has 1 heterocycles. The number of hydrogen-bond acceptors (Lipinski definition) is 5. The van der Waals surface area contributed by atoms with Crippen LogP contribution >= 0.6 is 11.3 Å². The number of nitrogens with zero attached hydrogens (tertiary/aromatic N) is 1. The maximum atomic E-state index is 11.9. The van der Waals surface area contributed by atoms with Gasteiger partial charge in [-0.3, -0.25) is 14.9 Å². The zero-order chi connectivity index (χ0) is 13.8. The maximum Gasteiger partial charge on any atom is 0.304 e. The number of carbonyl (C=O) groups excluding carboxylic acids is 1. The summed E-state index contributed by atoms with van der Waals surface area (Å²) in [6, 6.07) is 6.17. The number of carbonyl (C=O) groups is 1. The second kappa shape index (κ2) is 5.49. The van der Waals surface area contributed by atoms with Crippen molar-refractivity contribution in [2.45, 2.75) is 6.54 Å². The van der Waals surface area contributed by atoms with E-state index in [0.717, 1.165) is 5.56 Å². The molecule has 1 aromatic heterocycles. The summed E-state index contributed by atoms with van der Waals surface area (Å²) < 4.78 is 0. The minimum Gasteiger partial charge on any atom is -0.393 e. The number of rotatable bonds is 4. The van der Waals surface area contributed by atoms with E-state index in [9.17, 15) is 14.9 Å². The lowest BCUT2D eigenvalue weighted by Crippen LogP contribution is -2.23. The van der Waals surface area contributed by atoms with Gasteiger partial charge in [0.05, 0.1) is 4.92 Å². The van der Waals surface area contributed by atoms with Crippen LogP contribution in [0.5, 0.6) is 0 Å². The molecule has 0 bridgehead atoms. The van der Waals surface area contributed by atoms with Gasteiger partial charge in [-0.15, -0.1) is 0 Å². The number of anilines is 1. The Hall–Kier alpha value is -2.41. The monoisotopic (exact) mass is 277 g/mol. The zero-order valence-electron chi connectivity index (χ0n) is 9.83. The summed E-state index contributed by atoms with van der Waals surface area (Å²) in [5.74, 6) is -0.509. The molecular weight excluding hydrogens is 266 g/mol. The molecule has 0 spiro atoms. The summed E-state index contributed by atoms with van der Waals surface area (Å²) in [6.45, 7) is 0.328. The van der Waals surface area contributed by atoms with Crippen molar-refractivity contribution in [3.63, 3.8) is 0 Å². The minimum atomic E-state index is -0.644. The van der Waals surface area contributed by atoms with Crippen LogP contribution in [0.15, 0.2) is 35.0 Å². The molecule has 0 saturated heterocycles. The zero-order valence-corrected chi connectivity index (χ0v) is 10.6. The van der Waals surface area contributed by atoms with E-state index in [1.165, 1.54) is 29.5 Å². The number of hydrogen-bond donors (Lipinski definition) is 2. The highest BCUT2D eigenvalue weighted by Gasteiger charge is 2.22. The van der Waals surface area contributed by atoms with Gasteiger partial charge in [0, 0.05) is 6.54 Å². The first-order valence-corrected chi connectivity index (χ1v) is 6.36. The average molecular weight is 277 g/mol. The van der Waals surface area contributed by atoms with Crippen molar-refractivity contribution < 1.29 is 9.72 Å². The van der Waals surface area contributed by atoms with Crippen LogP contribution in [0.3, 0.4) is 0 Å². The molecule has 1 aromatic carbocycles. The van der Waals surface area contributed by atoms with Crippen LogP contribution in [0.25, 0.3) is 0 Å². The topological polar surface area (TPSA) is 98.3 Å². The largest absolute Gasteiger partial charge is 0.393 e. The van der Waals surface area contributed by atoms with Crippen molar-refractivity contribution in [3.8, 4) is 0 Å². The average Bonchev–Trinajstić information content (AvgIpc) is 2.88. The Kier molecular flexibility index (Phi) is 3.76. The van der Waals surface area contributed by atoms with Crippen LogP contribution in [-0.2, 0) is 6.54 Å². The van der Waals surface area contributed by atoms with Gasteiger partial charge in [-0.2, -0.15) is 11.3 Å². The molecule has 2 aromatic rings. The van der Waals surface area contributed by atoms with Crippen LogP contribution < -0.4 is 11.1 Å². The molecule has 3 N–H and O–H groups in total. The molecule has 0 aliphatic rings. The molecule has 1 amide bonds. The summed E-state index contributed by atoms with van der Waals surface area (Å²) in [6.07, 6.45) is 0. The maximum absolute atomic E-state index is 11.9. The Morgan fingerprint density at radius 1 is 1.42 bits per heavy atom. The predicted octanol–water partition coefficient (Wildman–Crippen LogP) is 2.17. The van der Waals surface area contributed by atoms with Gasteiger partial charge >= 0.3 is 5.69 Å².